The number of hydrogen-bond acceptors (Lipinski definition) is 5. The second-order valence-electron chi connectivity index (χ2n) is 6.48. The van der Waals surface area contributed by atoms with Crippen LogP contribution in [-0.4, -0.2) is 18.4 Å². The van der Waals surface area contributed by atoms with Crippen molar-refractivity contribution in [3.05, 3.63) is 83.3 Å². The van der Waals surface area contributed by atoms with Crippen molar-refractivity contribution >= 4 is 11.8 Å². The van der Waals surface area contributed by atoms with Gasteiger partial charge in [0, 0.05) is 0 Å². The van der Waals surface area contributed by atoms with Crippen LogP contribution in [0.15, 0.2) is 65.1 Å². The number of carbonyl (C=O) groups is 2. The molecule has 0 aliphatic heterocycles. The number of nitrogens with one attached hydrogen (secondary N) is 2. The van der Waals surface area contributed by atoms with E-state index < -0.39 is 11.8 Å². The standard InChI is InChI=1S/C22H22N2O5/c1-15-10-16(2)12-19(11-15)28-14-21(25)23-24-22(26)20-9-8-18(29-20)13-27-17-6-4-3-5-7-17/h3-12H,13-14H2,1-2H3,(H,23,25)(H,24,26). The van der Waals surface area contributed by atoms with E-state index in [0.717, 1.165) is 11.1 Å². The molecule has 150 valence electrons. The van der Waals surface area contributed by atoms with Crippen LogP contribution in [0.5, 0.6) is 11.5 Å². The first kappa shape index (κ1) is 20.0. The minimum Gasteiger partial charge on any atom is -0.486 e. The van der Waals surface area contributed by atoms with Crippen molar-refractivity contribution < 1.29 is 23.5 Å². The molecule has 0 spiro atoms. The molecule has 7 nitrogen and oxygen atoms in total. The number of hydrazine groups is 1. The number of ether oxygens (including phenoxy) is 2. The average molecular weight is 394 g/mol. The molecule has 2 amide bonds. The largest absolute Gasteiger partial charge is 0.486 e. The van der Waals surface area contributed by atoms with Crippen molar-refractivity contribution in [3.8, 4) is 11.5 Å². The lowest BCUT2D eigenvalue weighted by Crippen LogP contribution is -2.43. The molecule has 0 fully saturated rings. The van der Waals surface area contributed by atoms with Crippen LogP contribution in [0.1, 0.15) is 27.4 Å². The quantitative estimate of drug-likeness (QED) is 0.600. The fraction of sp³-hybridized carbons (Fsp3) is 0.182. The van der Waals surface area contributed by atoms with Crippen molar-refractivity contribution in [2.75, 3.05) is 6.61 Å². The molecule has 0 atom stereocenters. The third-order valence-corrected chi connectivity index (χ3v) is 3.89. The molecule has 1 aromatic heterocycles. The van der Waals surface area contributed by atoms with Gasteiger partial charge in [-0.05, 0) is 61.4 Å². The third kappa shape index (κ3) is 6.14. The van der Waals surface area contributed by atoms with E-state index in [1.807, 2.05) is 62.4 Å². The summed E-state index contributed by atoms with van der Waals surface area (Å²) < 4.78 is 16.4. The van der Waals surface area contributed by atoms with Crippen LogP contribution in [0.3, 0.4) is 0 Å². The Bertz CT molecular complexity index is 962. The van der Waals surface area contributed by atoms with E-state index in [2.05, 4.69) is 10.9 Å². The van der Waals surface area contributed by atoms with Crippen LogP contribution in [-0.2, 0) is 11.4 Å². The van der Waals surface area contributed by atoms with E-state index >= 15 is 0 Å². The Balaban J connectivity index is 1.43. The summed E-state index contributed by atoms with van der Waals surface area (Å²) in [4.78, 5) is 24.0. The van der Waals surface area contributed by atoms with Gasteiger partial charge in [0.1, 0.15) is 23.9 Å². The lowest BCUT2D eigenvalue weighted by atomic mass is 10.1. The summed E-state index contributed by atoms with van der Waals surface area (Å²) in [6.07, 6.45) is 0. The number of amides is 2. The molecule has 2 N–H and O–H groups in total. The molecule has 0 bridgehead atoms. The maximum atomic E-state index is 12.1. The van der Waals surface area contributed by atoms with Gasteiger partial charge in [0.05, 0.1) is 0 Å². The summed E-state index contributed by atoms with van der Waals surface area (Å²) in [5, 5.41) is 0. The fourth-order valence-electron chi connectivity index (χ4n) is 2.64. The van der Waals surface area contributed by atoms with E-state index in [9.17, 15) is 9.59 Å². The zero-order chi connectivity index (χ0) is 20.6. The van der Waals surface area contributed by atoms with Crippen LogP contribution < -0.4 is 20.3 Å². The highest BCUT2D eigenvalue weighted by atomic mass is 16.5. The molecule has 2 aromatic carbocycles. The van der Waals surface area contributed by atoms with Crippen LogP contribution in [0, 0.1) is 13.8 Å². The van der Waals surface area contributed by atoms with Crippen molar-refractivity contribution in [2.24, 2.45) is 0 Å². The second-order valence-corrected chi connectivity index (χ2v) is 6.48. The SMILES string of the molecule is Cc1cc(C)cc(OCC(=O)NNC(=O)c2ccc(COc3ccccc3)o2)c1. The van der Waals surface area contributed by atoms with Crippen molar-refractivity contribution in [1.29, 1.82) is 0 Å². The number of benzene rings is 2. The van der Waals surface area contributed by atoms with Crippen LogP contribution in [0.25, 0.3) is 0 Å². The Kier molecular flexibility index (Phi) is 6.52. The molecule has 0 aliphatic rings. The summed E-state index contributed by atoms with van der Waals surface area (Å²) in [7, 11) is 0. The minimum atomic E-state index is -0.573. The number of hydrogen-bond donors (Lipinski definition) is 2. The monoisotopic (exact) mass is 394 g/mol. The predicted molar refractivity (Wildman–Crippen MR) is 107 cm³/mol. The minimum absolute atomic E-state index is 0.0622. The van der Waals surface area contributed by atoms with Gasteiger partial charge in [-0.3, -0.25) is 20.4 Å². The lowest BCUT2D eigenvalue weighted by molar-refractivity contribution is -0.123. The van der Waals surface area contributed by atoms with E-state index in [0.29, 0.717) is 17.3 Å². The Labute approximate surface area is 168 Å². The third-order valence-electron chi connectivity index (χ3n) is 3.89. The normalized spacial score (nSPS) is 10.3. The molecular weight excluding hydrogens is 372 g/mol. The zero-order valence-corrected chi connectivity index (χ0v) is 16.2. The van der Waals surface area contributed by atoms with Crippen molar-refractivity contribution in [2.45, 2.75) is 20.5 Å². The van der Waals surface area contributed by atoms with Gasteiger partial charge < -0.3 is 13.9 Å². The predicted octanol–water partition coefficient (Wildman–Crippen LogP) is 3.32. The first-order valence-electron chi connectivity index (χ1n) is 9.06. The number of furan rings is 1. The maximum Gasteiger partial charge on any atom is 0.305 e. The first-order chi connectivity index (χ1) is 14.0. The van der Waals surface area contributed by atoms with E-state index in [1.165, 1.54) is 6.07 Å². The molecule has 0 saturated carbocycles. The highest BCUT2D eigenvalue weighted by Crippen LogP contribution is 2.16. The molecule has 3 rings (SSSR count). The number of para-hydroxylation sites is 1. The van der Waals surface area contributed by atoms with Gasteiger partial charge in [-0.2, -0.15) is 0 Å². The lowest BCUT2D eigenvalue weighted by Gasteiger charge is -2.09. The first-order valence-corrected chi connectivity index (χ1v) is 9.06. The molecule has 1 heterocycles. The number of aryl methyl sites for hydroxylation is 2. The molecule has 0 aliphatic carbocycles. The Morgan fingerprint density at radius 3 is 2.31 bits per heavy atom. The maximum absolute atomic E-state index is 12.1. The van der Waals surface area contributed by atoms with Gasteiger partial charge in [-0.1, -0.05) is 24.3 Å². The Morgan fingerprint density at radius 1 is 0.862 bits per heavy atom. The van der Waals surface area contributed by atoms with Crippen molar-refractivity contribution in [3.63, 3.8) is 0 Å². The van der Waals surface area contributed by atoms with Gasteiger partial charge in [0.15, 0.2) is 12.4 Å². The molecule has 0 radical (unpaired) electrons. The van der Waals surface area contributed by atoms with Gasteiger partial charge in [-0.25, -0.2) is 0 Å². The fourth-order valence-corrected chi connectivity index (χ4v) is 2.64. The number of carbonyl (C=O) groups excluding carboxylic acids is 2. The summed E-state index contributed by atoms with van der Waals surface area (Å²) in [6, 6.07) is 18.1. The van der Waals surface area contributed by atoms with Gasteiger partial charge in [-0.15, -0.1) is 0 Å². The summed E-state index contributed by atoms with van der Waals surface area (Å²) in [5.41, 5.74) is 6.67. The molecule has 0 saturated heterocycles. The molecular formula is C22H22N2O5. The topological polar surface area (TPSA) is 89.8 Å². The smallest absolute Gasteiger partial charge is 0.305 e. The molecule has 7 heteroatoms. The van der Waals surface area contributed by atoms with Gasteiger partial charge in [0.25, 0.3) is 5.91 Å². The van der Waals surface area contributed by atoms with Crippen molar-refractivity contribution in [1.82, 2.24) is 10.9 Å². The second kappa shape index (κ2) is 9.45. The summed E-state index contributed by atoms with van der Waals surface area (Å²) in [5.74, 6) is 0.784. The van der Waals surface area contributed by atoms with Gasteiger partial charge in [0.2, 0.25) is 0 Å². The van der Waals surface area contributed by atoms with Gasteiger partial charge >= 0.3 is 5.91 Å². The Morgan fingerprint density at radius 2 is 1.59 bits per heavy atom. The molecule has 29 heavy (non-hydrogen) atoms. The molecule has 0 unspecified atom stereocenters. The molecule has 3 aromatic rings. The van der Waals surface area contributed by atoms with Crippen LogP contribution >= 0.6 is 0 Å². The average Bonchev–Trinajstić information content (AvgIpc) is 3.18. The summed E-state index contributed by atoms with van der Waals surface area (Å²) >= 11 is 0. The van der Waals surface area contributed by atoms with E-state index in [4.69, 9.17) is 13.9 Å². The number of rotatable bonds is 7. The van der Waals surface area contributed by atoms with Crippen LogP contribution in [0.4, 0.5) is 0 Å². The zero-order valence-electron chi connectivity index (χ0n) is 16.2. The van der Waals surface area contributed by atoms with E-state index in [-0.39, 0.29) is 19.0 Å². The highest BCUT2D eigenvalue weighted by Gasteiger charge is 2.13. The van der Waals surface area contributed by atoms with Crippen LogP contribution in [0.2, 0.25) is 0 Å². The Hall–Kier alpha value is -3.74. The van der Waals surface area contributed by atoms with E-state index in [1.54, 1.807) is 6.07 Å². The highest BCUT2D eigenvalue weighted by molar-refractivity contribution is 5.93. The summed E-state index contributed by atoms with van der Waals surface area (Å²) in [6.45, 7) is 3.86.